The number of piperazine rings is 1. The van der Waals surface area contributed by atoms with E-state index in [-0.39, 0.29) is 0 Å². The molecule has 0 atom stereocenters. The molecule has 4 heteroatoms. The average Bonchev–Trinajstić information content (AvgIpc) is 2.09. The summed E-state index contributed by atoms with van der Waals surface area (Å²) in [5, 5.41) is 0. The first-order valence-corrected chi connectivity index (χ1v) is 5.65. The van der Waals surface area contributed by atoms with Crippen LogP contribution in [0.4, 0.5) is 0 Å². The third-order valence-electron chi connectivity index (χ3n) is 2.34. The highest BCUT2D eigenvalue weighted by atomic mass is 127. The Morgan fingerprint density at radius 2 is 1.92 bits per heavy atom. The average molecular weight is 283 g/mol. The summed E-state index contributed by atoms with van der Waals surface area (Å²) in [5.41, 5.74) is 0. The van der Waals surface area contributed by atoms with Crippen LogP contribution in [0.2, 0.25) is 0 Å². The van der Waals surface area contributed by atoms with Gasteiger partial charge in [0.2, 0.25) is 0 Å². The van der Waals surface area contributed by atoms with Crippen LogP contribution in [0.3, 0.4) is 0 Å². The monoisotopic (exact) mass is 283 g/mol. The van der Waals surface area contributed by atoms with Gasteiger partial charge in [-0.05, 0) is 20.0 Å². The molecule has 0 aliphatic carbocycles. The van der Waals surface area contributed by atoms with E-state index < -0.39 is 0 Å². The largest absolute Gasteiger partial charge is 0.304 e. The van der Waals surface area contributed by atoms with E-state index in [1.165, 1.54) is 39.1 Å². The molecule has 1 heterocycles. The number of rotatable bonds is 4. The summed E-state index contributed by atoms with van der Waals surface area (Å²) >= 11 is 2.21. The van der Waals surface area contributed by atoms with Crippen molar-refractivity contribution in [2.24, 2.45) is 0 Å². The van der Waals surface area contributed by atoms with Crippen LogP contribution >= 0.6 is 22.9 Å². The van der Waals surface area contributed by atoms with Gasteiger partial charge in [0, 0.05) is 55.6 Å². The molecular formula is C8H18IN3. The quantitative estimate of drug-likeness (QED) is 0.462. The Balaban J connectivity index is 2.01. The molecule has 0 spiro atoms. The Kier molecular flexibility index (Phi) is 5.45. The number of likely N-dealkylation sites (N-methyl/N-ethyl adjacent to an activating group) is 1. The summed E-state index contributed by atoms with van der Waals surface area (Å²) in [6, 6.07) is 0. The summed E-state index contributed by atoms with van der Waals surface area (Å²) in [4.78, 5) is 4.95. The third kappa shape index (κ3) is 4.02. The molecule has 1 saturated heterocycles. The molecule has 1 aliphatic heterocycles. The maximum absolute atomic E-state index is 3.15. The van der Waals surface area contributed by atoms with Gasteiger partial charge >= 0.3 is 0 Å². The van der Waals surface area contributed by atoms with E-state index in [9.17, 15) is 0 Å². The van der Waals surface area contributed by atoms with Crippen LogP contribution in [0.15, 0.2) is 0 Å². The second-order valence-electron chi connectivity index (χ2n) is 3.38. The summed E-state index contributed by atoms with van der Waals surface area (Å²) in [5.74, 6) is 0. The standard InChI is InChI=1S/C8H18IN3/c1-11-5-7-12(8-6-11)4-2-3-10-9/h10H,2-8H2,1H3. The Morgan fingerprint density at radius 1 is 1.25 bits per heavy atom. The molecule has 0 radical (unpaired) electrons. The maximum atomic E-state index is 3.15. The SMILES string of the molecule is CN1CCN(CCCNI)CC1. The summed E-state index contributed by atoms with van der Waals surface area (Å²) < 4.78 is 3.15. The van der Waals surface area contributed by atoms with Gasteiger partial charge in [-0.3, -0.25) is 3.53 Å². The fourth-order valence-corrected chi connectivity index (χ4v) is 1.82. The number of nitrogens with zero attached hydrogens (tertiary/aromatic N) is 2. The van der Waals surface area contributed by atoms with E-state index in [0.717, 1.165) is 6.54 Å². The van der Waals surface area contributed by atoms with Crippen molar-refractivity contribution in [2.45, 2.75) is 6.42 Å². The lowest BCUT2D eigenvalue weighted by molar-refractivity contribution is 0.153. The molecule has 12 heavy (non-hydrogen) atoms. The van der Waals surface area contributed by atoms with Gasteiger partial charge in [-0.15, -0.1) is 0 Å². The number of halogens is 1. The van der Waals surface area contributed by atoms with Gasteiger partial charge in [0.15, 0.2) is 0 Å². The molecule has 72 valence electrons. The van der Waals surface area contributed by atoms with Gasteiger partial charge in [0.1, 0.15) is 0 Å². The van der Waals surface area contributed by atoms with E-state index in [0.29, 0.717) is 0 Å². The highest BCUT2D eigenvalue weighted by Crippen LogP contribution is 1.99. The summed E-state index contributed by atoms with van der Waals surface area (Å²) in [6.07, 6.45) is 1.27. The first-order valence-electron chi connectivity index (χ1n) is 4.57. The minimum atomic E-state index is 1.13. The summed E-state index contributed by atoms with van der Waals surface area (Å²) in [7, 11) is 2.20. The van der Waals surface area contributed by atoms with Gasteiger partial charge < -0.3 is 9.80 Å². The highest BCUT2D eigenvalue weighted by molar-refractivity contribution is 14.1. The zero-order valence-electron chi connectivity index (χ0n) is 7.72. The first kappa shape index (κ1) is 10.7. The molecule has 0 bridgehead atoms. The Labute approximate surface area is 89.0 Å². The van der Waals surface area contributed by atoms with Crippen molar-refractivity contribution < 1.29 is 0 Å². The van der Waals surface area contributed by atoms with Crippen molar-refractivity contribution in [2.75, 3.05) is 46.3 Å². The predicted molar refractivity (Wildman–Crippen MR) is 60.6 cm³/mol. The van der Waals surface area contributed by atoms with Gasteiger partial charge in [0.05, 0.1) is 0 Å². The first-order chi connectivity index (χ1) is 5.83. The number of hydrogen-bond donors (Lipinski definition) is 1. The molecule has 0 aromatic carbocycles. The molecule has 1 rings (SSSR count). The van der Waals surface area contributed by atoms with Crippen LogP contribution in [0.1, 0.15) is 6.42 Å². The van der Waals surface area contributed by atoms with Crippen molar-refractivity contribution in [1.29, 1.82) is 0 Å². The highest BCUT2D eigenvalue weighted by Gasteiger charge is 2.12. The van der Waals surface area contributed by atoms with Gasteiger partial charge in [-0.2, -0.15) is 0 Å². The minimum Gasteiger partial charge on any atom is -0.304 e. The molecule has 1 N–H and O–H groups in total. The van der Waals surface area contributed by atoms with Gasteiger partial charge in [-0.25, -0.2) is 0 Å². The fourth-order valence-electron chi connectivity index (χ4n) is 1.44. The third-order valence-corrected chi connectivity index (χ3v) is 2.88. The zero-order chi connectivity index (χ0) is 8.81. The van der Waals surface area contributed by atoms with Crippen LogP contribution in [-0.4, -0.2) is 56.1 Å². The van der Waals surface area contributed by atoms with E-state index in [4.69, 9.17) is 0 Å². The molecular weight excluding hydrogens is 265 g/mol. The lowest BCUT2D eigenvalue weighted by atomic mass is 10.3. The van der Waals surface area contributed by atoms with E-state index in [1.807, 2.05) is 0 Å². The molecule has 0 aromatic rings. The van der Waals surface area contributed by atoms with E-state index >= 15 is 0 Å². The van der Waals surface area contributed by atoms with Crippen molar-refractivity contribution >= 4 is 22.9 Å². The van der Waals surface area contributed by atoms with Crippen molar-refractivity contribution in [3.63, 3.8) is 0 Å². The minimum absolute atomic E-state index is 1.13. The van der Waals surface area contributed by atoms with Crippen LogP contribution in [-0.2, 0) is 0 Å². The van der Waals surface area contributed by atoms with Crippen LogP contribution < -0.4 is 3.53 Å². The van der Waals surface area contributed by atoms with Crippen LogP contribution in [0.5, 0.6) is 0 Å². The maximum Gasteiger partial charge on any atom is 0.0169 e. The molecule has 0 unspecified atom stereocenters. The van der Waals surface area contributed by atoms with Crippen LogP contribution in [0.25, 0.3) is 0 Å². The van der Waals surface area contributed by atoms with E-state index in [2.05, 4.69) is 43.2 Å². The van der Waals surface area contributed by atoms with E-state index in [1.54, 1.807) is 0 Å². The smallest absolute Gasteiger partial charge is 0.0169 e. The van der Waals surface area contributed by atoms with Gasteiger partial charge in [0.25, 0.3) is 0 Å². The zero-order valence-corrected chi connectivity index (χ0v) is 9.88. The van der Waals surface area contributed by atoms with Crippen molar-refractivity contribution in [3.8, 4) is 0 Å². The Hall–Kier alpha value is 0.610. The molecule has 1 aliphatic rings. The predicted octanol–water partition coefficient (Wildman–Crippen LogP) is 0.563. The number of hydrogen-bond acceptors (Lipinski definition) is 3. The number of nitrogens with one attached hydrogen (secondary N) is 1. The lowest BCUT2D eigenvalue weighted by Crippen LogP contribution is -2.44. The Bertz CT molecular complexity index is 113. The van der Waals surface area contributed by atoms with Crippen molar-refractivity contribution in [3.05, 3.63) is 0 Å². The molecule has 0 saturated carbocycles. The van der Waals surface area contributed by atoms with Crippen LogP contribution in [0, 0.1) is 0 Å². The molecule has 0 aromatic heterocycles. The second-order valence-corrected chi connectivity index (χ2v) is 4.14. The molecule has 1 fully saturated rings. The fraction of sp³-hybridized carbons (Fsp3) is 1.00. The summed E-state index contributed by atoms with van der Waals surface area (Å²) in [6.45, 7) is 7.35. The lowest BCUT2D eigenvalue weighted by Gasteiger charge is -2.32. The van der Waals surface area contributed by atoms with Gasteiger partial charge in [-0.1, -0.05) is 0 Å². The van der Waals surface area contributed by atoms with Crippen molar-refractivity contribution in [1.82, 2.24) is 13.3 Å². The normalized spacial score (nSPS) is 21.5. The molecule has 0 amide bonds. The molecule has 3 nitrogen and oxygen atoms in total. The second kappa shape index (κ2) is 6.12. The topological polar surface area (TPSA) is 18.5 Å². The Morgan fingerprint density at radius 3 is 2.50 bits per heavy atom.